The summed E-state index contributed by atoms with van der Waals surface area (Å²) in [6.45, 7) is 1.00. The number of aromatic nitrogens is 2. The van der Waals surface area contributed by atoms with E-state index in [1.165, 1.54) is 0 Å². The first-order valence-electron chi connectivity index (χ1n) is 9.24. The number of amides is 1. The Balaban J connectivity index is 0.00000196. The molecule has 7 nitrogen and oxygen atoms in total. The summed E-state index contributed by atoms with van der Waals surface area (Å²) in [6.07, 6.45) is 8.76. The lowest BCUT2D eigenvalue weighted by Crippen LogP contribution is -2.44. The zero-order chi connectivity index (χ0) is 18.5. The van der Waals surface area contributed by atoms with E-state index in [1.807, 2.05) is 0 Å². The number of hydrogen-bond donors (Lipinski definition) is 2. The summed E-state index contributed by atoms with van der Waals surface area (Å²) in [6, 6.07) is 2.09. The van der Waals surface area contributed by atoms with Crippen LogP contribution in [0.15, 0.2) is 12.4 Å². The molecule has 0 spiro atoms. The molecular weight excluding hydrogens is 423 g/mol. The molecule has 2 heterocycles. The number of nitrogens with two attached hydrogens (primary N) is 1. The van der Waals surface area contributed by atoms with Gasteiger partial charge in [-0.3, -0.25) is 4.79 Å². The molecule has 1 unspecified atom stereocenters. The largest absolute Gasteiger partial charge is 0.326 e. The van der Waals surface area contributed by atoms with Crippen molar-refractivity contribution in [3.05, 3.63) is 23.2 Å². The van der Waals surface area contributed by atoms with Gasteiger partial charge < -0.3 is 16.0 Å². The van der Waals surface area contributed by atoms with Crippen LogP contribution in [0.2, 0.25) is 5.02 Å². The molecule has 0 bridgehead atoms. The highest BCUT2D eigenvalue weighted by Crippen LogP contribution is 2.32. The number of halogens is 3. The van der Waals surface area contributed by atoms with Gasteiger partial charge in [0.2, 0.25) is 5.91 Å². The molecule has 0 aromatic carbocycles. The van der Waals surface area contributed by atoms with Crippen molar-refractivity contribution in [1.82, 2.24) is 20.2 Å². The Morgan fingerprint density at radius 1 is 1.29 bits per heavy atom. The third-order valence-electron chi connectivity index (χ3n) is 5.48. The Morgan fingerprint density at radius 3 is 2.54 bits per heavy atom. The van der Waals surface area contributed by atoms with Crippen molar-refractivity contribution in [2.45, 2.75) is 56.7 Å². The first kappa shape index (κ1) is 24.9. The maximum absolute atomic E-state index is 12.3. The van der Waals surface area contributed by atoms with Gasteiger partial charge in [0.15, 0.2) is 0 Å². The predicted octanol–water partition coefficient (Wildman–Crippen LogP) is 2.64. The topological polar surface area (TPSA) is 108 Å². The Bertz CT molecular complexity index is 660. The monoisotopic (exact) mass is 448 g/mol. The van der Waals surface area contributed by atoms with E-state index in [1.54, 1.807) is 17.3 Å². The molecule has 3 rings (SSSR count). The van der Waals surface area contributed by atoms with E-state index >= 15 is 0 Å². The van der Waals surface area contributed by atoms with Crippen LogP contribution in [0.25, 0.3) is 0 Å². The molecule has 28 heavy (non-hydrogen) atoms. The molecule has 2 aliphatic rings. The third kappa shape index (κ3) is 6.16. The molecule has 1 aromatic rings. The average Bonchev–Trinajstić information content (AvgIpc) is 3.15. The minimum absolute atomic E-state index is 0. The van der Waals surface area contributed by atoms with E-state index < -0.39 is 0 Å². The highest BCUT2D eigenvalue weighted by molar-refractivity contribution is 6.30. The Hall–Kier alpha value is -1.17. The van der Waals surface area contributed by atoms with Gasteiger partial charge in [-0.25, -0.2) is 9.97 Å². The number of likely N-dealkylation sites (tertiary alicyclic amines) is 1. The molecule has 1 saturated carbocycles. The molecule has 0 radical (unpaired) electrons. The minimum atomic E-state index is -0.252. The molecule has 156 valence electrons. The SMILES string of the molecule is Cl.Cl.N#C[C@@H]1CCCN1C(=O)CNC1CCC(C(N)c2ncc(Cl)cn2)CC1. The zero-order valence-corrected chi connectivity index (χ0v) is 18.0. The van der Waals surface area contributed by atoms with Crippen molar-refractivity contribution in [2.24, 2.45) is 11.7 Å². The van der Waals surface area contributed by atoms with E-state index in [4.69, 9.17) is 22.6 Å². The second-order valence-electron chi connectivity index (χ2n) is 7.15. The number of nitrogens with zero attached hydrogens (tertiary/aromatic N) is 4. The summed E-state index contributed by atoms with van der Waals surface area (Å²) in [5, 5.41) is 13.0. The van der Waals surface area contributed by atoms with Crippen LogP contribution in [0.4, 0.5) is 0 Å². The molecule has 1 saturated heterocycles. The quantitative estimate of drug-likeness (QED) is 0.715. The van der Waals surface area contributed by atoms with Gasteiger partial charge in [-0.15, -0.1) is 24.8 Å². The lowest BCUT2D eigenvalue weighted by molar-refractivity contribution is -0.130. The van der Waals surface area contributed by atoms with Crippen molar-refractivity contribution in [3.8, 4) is 6.07 Å². The minimum Gasteiger partial charge on any atom is -0.326 e. The normalized spacial score (nSPS) is 25.2. The van der Waals surface area contributed by atoms with Crippen LogP contribution in [-0.4, -0.2) is 45.9 Å². The van der Waals surface area contributed by atoms with Crippen LogP contribution in [0.3, 0.4) is 0 Å². The summed E-state index contributed by atoms with van der Waals surface area (Å²) >= 11 is 5.82. The van der Waals surface area contributed by atoms with Crippen molar-refractivity contribution < 1.29 is 4.79 Å². The van der Waals surface area contributed by atoms with Gasteiger partial charge in [0.25, 0.3) is 0 Å². The van der Waals surface area contributed by atoms with Gasteiger partial charge >= 0.3 is 0 Å². The fraction of sp³-hybridized carbons (Fsp3) is 0.667. The van der Waals surface area contributed by atoms with Crippen molar-refractivity contribution in [3.63, 3.8) is 0 Å². The molecule has 1 aromatic heterocycles. The van der Waals surface area contributed by atoms with Crippen molar-refractivity contribution in [2.75, 3.05) is 13.1 Å². The summed E-state index contributed by atoms with van der Waals surface area (Å²) in [5.74, 6) is 1.01. The fourth-order valence-electron chi connectivity index (χ4n) is 3.92. The predicted molar refractivity (Wildman–Crippen MR) is 113 cm³/mol. The lowest BCUT2D eigenvalue weighted by Gasteiger charge is -2.32. The van der Waals surface area contributed by atoms with Gasteiger partial charge in [-0.1, -0.05) is 11.6 Å². The summed E-state index contributed by atoms with van der Waals surface area (Å²) < 4.78 is 0. The Morgan fingerprint density at radius 2 is 1.93 bits per heavy atom. The van der Waals surface area contributed by atoms with Crippen LogP contribution in [-0.2, 0) is 4.79 Å². The highest BCUT2D eigenvalue weighted by Gasteiger charge is 2.30. The Labute approximate surface area is 183 Å². The molecule has 2 fully saturated rings. The van der Waals surface area contributed by atoms with Crippen LogP contribution >= 0.6 is 36.4 Å². The summed E-state index contributed by atoms with van der Waals surface area (Å²) in [5.41, 5.74) is 6.32. The number of carbonyl (C=O) groups is 1. The molecular formula is C18H27Cl3N6O. The van der Waals surface area contributed by atoms with Gasteiger partial charge in [0.1, 0.15) is 11.9 Å². The van der Waals surface area contributed by atoms with Crippen molar-refractivity contribution in [1.29, 1.82) is 5.26 Å². The first-order chi connectivity index (χ1) is 12.6. The second kappa shape index (κ2) is 11.7. The second-order valence-corrected chi connectivity index (χ2v) is 7.59. The highest BCUT2D eigenvalue weighted by atomic mass is 35.5. The van der Waals surface area contributed by atoms with Gasteiger partial charge in [0, 0.05) is 25.0 Å². The van der Waals surface area contributed by atoms with E-state index in [9.17, 15) is 4.79 Å². The van der Waals surface area contributed by atoms with Crippen molar-refractivity contribution >= 4 is 42.3 Å². The van der Waals surface area contributed by atoms with Crippen LogP contribution < -0.4 is 11.1 Å². The number of nitrogens with one attached hydrogen (secondary N) is 1. The summed E-state index contributed by atoms with van der Waals surface area (Å²) in [4.78, 5) is 22.5. The smallest absolute Gasteiger partial charge is 0.237 e. The molecule has 2 atom stereocenters. The van der Waals surface area contributed by atoms with Gasteiger partial charge in [0.05, 0.1) is 23.7 Å². The fourth-order valence-corrected chi connectivity index (χ4v) is 4.02. The molecule has 10 heteroatoms. The molecule has 1 aliphatic carbocycles. The number of hydrogen-bond acceptors (Lipinski definition) is 6. The first-order valence-corrected chi connectivity index (χ1v) is 9.61. The van der Waals surface area contributed by atoms with Crippen LogP contribution in [0.1, 0.15) is 50.4 Å². The third-order valence-corrected chi connectivity index (χ3v) is 5.68. The maximum atomic E-state index is 12.3. The molecule has 1 aliphatic heterocycles. The maximum Gasteiger partial charge on any atom is 0.237 e. The molecule has 1 amide bonds. The van der Waals surface area contributed by atoms with E-state index in [-0.39, 0.29) is 42.8 Å². The van der Waals surface area contributed by atoms with E-state index in [0.717, 1.165) is 38.5 Å². The van der Waals surface area contributed by atoms with E-state index in [2.05, 4.69) is 21.4 Å². The summed E-state index contributed by atoms with van der Waals surface area (Å²) in [7, 11) is 0. The number of carbonyl (C=O) groups excluding carboxylic acids is 1. The number of rotatable bonds is 5. The lowest BCUT2D eigenvalue weighted by atomic mass is 9.81. The molecule has 3 N–H and O–H groups in total. The Kier molecular flexibility index (Phi) is 10.4. The average molecular weight is 450 g/mol. The zero-order valence-electron chi connectivity index (χ0n) is 15.6. The standard InChI is InChI=1S/C18H25ClN6O.2ClH/c19-13-9-23-18(24-10-13)17(21)12-3-5-14(6-4-12)22-11-16(26)25-7-1-2-15(25)8-20;;/h9-10,12,14-15,17,22H,1-7,11,21H2;2*1H/t12?,14?,15-,17?;;/m0../s1. The van der Waals surface area contributed by atoms with Gasteiger partial charge in [-0.05, 0) is 44.4 Å². The van der Waals surface area contributed by atoms with Crippen LogP contribution in [0, 0.1) is 17.2 Å². The number of nitriles is 1. The van der Waals surface area contributed by atoms with Gasteiger partial charge in [-0.2, -0.15) is 5.26 Å². The van der Waals surface area contributed by atoms with E-state index in [0.29, 0.717) is 35.9 Å². The van der Waals surface area contributed by atoms with Crippen LogP contribution in [0.5, 0.6) is 0 Å².